The lowest BCUT2D eigenvalue weighted by Gasteiger charge is -2.26. The number of halogens is 3. The number of carbonyl (C=O) groups is 2. The Morgan fingerprint density at radius 3 is 2.61 bits per heavy atom. The molecule has 0 aliphatic carbocycles. The number of hydrogen-bond donors (Lipinski definition) is 1. The molecule has 1 aliphatic rings. The van der Waals surface area contributed by atoms with Crippen LogP contribution in [0, 0.1) is 0 Å². The summed E-state index contributed by atoms with van der Waals surface area (Å²) in [6.07, 6.45) is -4.67. The van der Waals surface area contributed by atoms with Crippen LogP contribution >= 0.6 is 0 Å². The van der Waals surface area contributed by atoms with Crippen molar-refractivity contribution in [3.63, 3.8) is 0 Å². The monoisotopic (exact) mass is 330 g/mol. The van der Waals surface area contributed by atoms with Gasteiger partial charge in [-0.2, -0.15) is 13.2 Å². The molecule has 0 unspecified atom stereocenters. The van der Waals surface area contributed by atoms with Gasteiger partial charge in [-0.05, 0) is 31.9 Å². The van der Waals surface area contributed by atoms with Crippen molar-refractivity contribution in [3.8, 4) is 5.75 Å². The van der Waals surface area contributed by atoms with Crippen molar-refractivity contribution in [2.75, 3.05) is 6.54 Å². The standard InChI is InChI=1S/C15H17F3N2O3/c1-9(14(22)20-8-4-6-11(20)13(19)21)23-12-7-3-2-5-10(12)15(16,17)18/h2-3,5,7,9,11H,4,6,8H2,1H3,(H2,19,21)/t9-,11-/m0/s1. The molecule has 8 heteroatoms. The van der Waals surface area contributed by atoms with E-state index in [1.807, 2.05) is 0 Å². The second-order valence-corrected chi connectivity index (χ2v) is 5.35. The number of amides is 2. The van der Waals surface area contributed by atoms with Crippen LogP contribution in [0.3, 0.4) is 0 Å². The number of hydrogen-bond acceptors (Lipinski definition) is 3. The van der Waals surface area contributed by atoms with Gasteiger partial charge in [0, 0.05) is 6.54 Å². The van der Waals surface area contributed by atoms with E-state index >= 15 is 0 Å². The number of para-hydroxylation sites is 1. The second-order valence-electron chi connectivity index (χ2n) is 5.35. The summed E-state index contributed by atoms with van der Waals surface area (Å²) >= 11 is 0. The summed E-state index contributed by atoms with van der Waals surface area (Å²) in [5, 5.41) is 0. The van der Waals surface area contributed by atoms with Gasteiger partial charge in [-0.15, -0.1) is 0 Å². The van der Waals surface area contributed by atoms with Crippen LogP contribution in [-0.4, -0.2) is 35.4 Å². The van der Waals surface area contributed by atoms with E-state index in [0.717, 1.165) is 12.1 Å². The van der Waals surface area contributed by atoms with Crippen molar-refractivity contribution in [1.82, 2.24) is 4.90 Å². The minimum Gasteiger partial charge on any atom is -0.480 e. The Labute approximate surface area is 131 Å². The maximum absolute atomic E-state index is 12.9. The van der Waals surface area contributed by atoms with E-state index in [9.17, 15) is 22.8 Å². The highest BCUT2D eigenvalue weighted by Gasteiger charge is 2.37. The lowest BCUT2D eigenvalue weighted by atomic mass is 10.2. The zero-order valence-corrected chi connectivity index (χ0v) is 12.5. The largest absolute Gasteiger partial charge is 0.480 e. The average molecular weight is 330 g/mol. The predicted octanol–water partition coefficient (Wildman–Crippen LogP) is 1.95. The SMILES string of the molecule is C[C@H](Oc1ccccc1C(F)(F)F)C(=O)N1CCC[C@H]1C(N)=O. The fourth-order valence-electron chi connectivity index (χ4n) is 2.60. The van der Waals surface area contributed by atoms with E-state index in [-0.39, 0.29) is 0 Å². The summed E-state index contributed by atoms with van der Waals surface area (Å²) in [7, 11) is 0. The molecule has 2 atom stereocenters. The van der Waals surface area contributed by atoms with Gasteiger partial charge in [0.15, 0.2) is 6.10 Å². The Morgan fingerprint density at radius 1 is 1.35 bits per heavy atom. The molecule has 1 heterocycles. The third-order valence-electron chi connectivity index (χ3n) is 3.71. The van der Waals surface area contributed by atoms with Crippen molar-refractivity contribution in [2.45, 2.75) is 38.1 Å². The van der Waals surface area contributed by atoms with E-state index in [0.29, 0.717) is 19.4 Å². The lowest BCUT2D eigenvalue weighted by Crippen LogP contribution is -2.48. The Kier molecular flexibility index (Phi) is 4.82. The maximum atomic E-state index is 12.9. The molecule has 1 aromatic rings. The van der Waals surface area contributed by atoms with Gasteiger partial charge in [0.05, 0.1) is 5.56 Å². The number of ether oxygens (including phenoxy) is 1. The molecule has 1 fully saturated rings. The first-order valence-corrected chi connectivity index (χ1v) is 7.14. The van der Waals surface area contributed by atoms with Crippen LogP contribution in [0.2, 0.25) is 0 Å². The van der Waals surface area contributed by atoms with Crippen LogP contribution in [-0.2, 0) is 15.8 Å². The smallest absolute Gasteiger partial charge is 0.419 e. The highest BCUT2D eigenvalue weighted by molar-refractivity contribution is 5.89. The third-order valence-corrected chi connectivity index (χ3v) is 3.71. The number of nitrogens with two attached hydrogens (primary N) is 1. The van der Waals surface area contributed by atoms with Crippen molar-refractivity contribution in [1.29, 1.82) is 0 Å². The van der Waals surface area contributed by atoms with E-state index in [1.54, 1.807) is 0 Å². The summed E-state index contributed by atoms with van der Waals surface area (Å²) < 4.78 is 44.0. The molecule has 1 aliphatic heterocycles. The minimum absolute atomic E-state index is 0.334. The number of primary amides is 1. The molecule has 23 heavy (non-hydrogen) atoms. The van der Waals surface area contributed by atoms with Crippen LogP contribution in [0.1, 0.15) is 25.3 Å². The molecule has 126 valence electrons. The predicted molar refractivity (Wildman–Crippen MR) is 75.5 cm³/mol. The Hall–Kier alpha value is -2.25. The minimum atomic E-state index is -4.58. The Morgan fingerprint density at radius 2 is 2.00 bits per heavy atom. The highest BCUT2D eigenvalue weighted by Crippen LogP contribution is 2.36. The summed E-state index contributed by atoms with van der Waals surface area (Å²) in [4.78, 5) is 24.9. The molecule has 2 rings (SSSR count). The maximum Gasteiger partial charge on any atom is 0.419 e. The summed E-state index contributed by atoms with van der Waals surface area (Å²) in [6.45, 7) is 1.69. The quantitative estimate of drug-likeness (QED) is 0.917. The van der Waals surface area contributed by atoms with Crippen molar-refractivity contribution < 1.29 is 27.5 Å². The van der Waals surface area contributed by atoms with E-state index < -0.39 is 41.4 Å². The normalized spacial score (nSPS) is 19.5. The van der Waals surface area contributed by atoms with E-state index in [4.69, 9.17) is 10.5 Å². The molecule has 1 aromatic carbocycles. The fraction of sp³-hybridized carbons (Fsp3) is 0.467. The molecule has 0 saturated carbocycles. The van der Waals surface area contributed by atoms with Crippen molar-refractivity contribution in [3.05, 3.63) is 29.8 Å². The first-order chi connectivity index (χ1) is 10.7. The fourth-order valence-corrected chi connectivity index (χ4v) is 2.60. The van der Waals surface area contributed by atoms with Gasteiger partial charge in [-0.25, -0.2) is 0 Å². The average Bonchev–Trinajstić information content (AvgIpc) is 2.95. The highest BCUT2D eigenvalue weighted by atomic mass is 19.4. The van der Waals surface area contributed by atoms with E-state index in [1.165, 1.54) is 24.0 Å². The van der Waals surface area contributed by atoms with Crippen LogP contribution in [0.4, 0.5) is 13.2 Å². The summed E-state index contributed by atoms with van der Waals surface area (Å²) in [5.74, 6) is -1.60. The van der Waals surface area contributed by atoms with Crippen LogP contribution in [0.5, 0.6) is 5.75 Å². The van der Waals surface area contributed by atoms with Gasteiger partial charge in [-0.3, -0.25) is 9.59 Å². The van der Waals surface area contributed by atoms with Gasteiger partial charge in [0.25, 0.3) is 5.91 Å². The molecule has 0 radical (unpaired) electrons. The molecular weight excluding hydrogens is 313 g/mol. The Bertz CT molecular complexity index is 604. The Balaban J connectivity index is 2.15. The first-order valence-electron chi connectivity index (χ1n) is 7.14. The second kappa shape index (κ2) is 6.47. The van der Waals surface area contributed by atoms with Gasteiger partial charge < -0.3 is 15.4 Å². The van der Waals surface area contributed by atoms with Gasteiger partial charge in [0.1, 0.15) is 11.8 Å². The number of rotatable bonds is 4. The number of carbonyl (C=O) groups excluding carboxylic acids is 2. The summed E-state index contributed by atoms with van der Waals surface area (Å²) in [6, 6.07) is 3.94. The molecule has 0 spiro atoms. The number of benzene rings is 1. The zero-order valence-electron chi connectivity index (χ0n) is 12.5. The molecule has 0 bridgehead atoms. The van der Waals surface area contributed by atoms with E-state index in [2.05, 4.69) is 0 Å². The van der Waals surface area contributed by atoms with Gasteiger partial charge >= 0.3 is 6.18 Å². The topological polar surface area (TPSA) is 72.6 Å². The number of likely N-dealkylation sites (tertiary alicyclic amines) is 1. The molecule has 2 N–H and O–H groups in total. The van der Waals surface area contributed by atoms with Crippen molar-refractivity contribution in [2.24, 2.45) is 5.73 Å². The van der Waals surface area contributed by atoms with Crippen LogP contribution in [0.25, 0.3) is 0 Å². The van der Waals surface area contributed by atoms with Crippen LogP contribution < -0.4 is 10.5 Å². The third kappa shape index (κ3) is 3.75. The van der Waals surface area contributed by atoms with Crippen molar-refractivity contribution >= 4 is 11.8 Å². The first kappa shape index (κ1) is 17.1. The van der Waals surface area contributed by atoms with Gasteiger partial charge in [-0.1, -0.05) is 12.1 Å². The van der Waals surface area contributed by atoms with Gasteiger partial charge in [0.2, 0.25) is 5.91 Å². The summed E-state index contributed by atoms with van der Waals surface area (Å²) in [5.41, 5.74) is 4.29. The molecular formula is C15H17F3N2O3. The lowest BCUT2D eigenvalue weighted by molar-refractivity contribution is -0.145. The van der Waals surface area contributed by atoms with Crippen LogP contribution in [0.15, 0.2) is 24.3 Å². The number of nitrogens with zero attached hydrogens (tertiary/aromatic N) is 1. The molecule has 2 amide bonds. The molecule has 5 nitrogen and oxygen atoms in total. The zero-order chi connectivity index (χ0) is 17.2. The number of alkyl halides is 3. The molecule has 1 saturated heterocycles. The molecule has 0 aromatic heterocycles.